The molecule has 3 N–H and O–H groups in total. The topological polar surface area (TPSA) is 125 Å². The molecular weight excluding hydrogens is 310 g/mol. The highest BCUT2D eigenvalue weighted by Crippen LogP contribution is 2.50. The largest absolute Gasteiger partial charge is 0.380 e. The third-order valence-corrected chi connectivity index (χ3v) is 5.25. The van der Waals surface area contributed by atoms with E-state index in [0.717, 1.165) is 32.1 Å². The number of benzene rings is 1. The molecule has 120 valence electrons. The number of sulfonamides is 1. The van der Waals surface area contributed by atoms with Crippen molar-refractivity contribution >= 4 is 21.4 Å². The smallest absolute Gasteiger partial charge is 0.293 e. The Morgan fingerprint density at radius 2 is 2.09 bits per heavy atom. The molecule has 22 heavy (non-hydrogen) atoms. The van der Waals surface area contributed by atoms with Gasteiger partial charge in [-0.05, 0) is 30.9 Å². The average molecular weight is 327 g/mol. The summed E-state index contributed by atoms with van der Waals surface area (Å²) in [6.07, 6.45) is 2.12. The molecule has 0 unspecified atom stereocenters. The van der Waals surface area contributed by atoms with Crippen molar-refractivity contribution in [1.82, 2.24) is 0 Å². The Kier molecular flexibility index (Phi) is 3.58. The lowest BCUT2D eigenvalue weighted by molar-refractivity contribution is -0.384. The third kappa shape index (κ3) is 2.79. The zero-order valence-electron chi connectivity index (χ0n) is 11.8. The maximum Gasteiger partial charge on any atom is 0.293 e. The van der Waals surface area contributed by atoms with Gasteiger partial charge in [0, 0.05) is 18.0 Å². The van der Waals surface area contributed by atoms with Gasteiger partial charge in [-0.3, -0.25) is 10.1 Å². The Hall–Kier alpha value is -1.71. The van der Waals surface area contributed by atoms with Crippen LogP contribution in [0.15, 0.2) is 23.1 Å². The Morgan fingerprint density at radius 1 is 1.41 bits per heavy atom. The number of nitrogens with one attached hydrogen (secondary N) is 1. The standard InChI is InChI=1S/C13H17N3O5S/c14-22(19,20)10-1-2-11(12(3-10)16(17)18)15-6-9-4-13(5-9)7-21-8-13/h1-3,9,15H,4-8H2,(H2,14,19,20). The first-order valence-electron chi connectivity index (χ1n) is 6.92. The van der Waals surface area contributed by atoms with Crippen LogP contribution in [0, 0.1) is 21.4 Å². The van der Waals surface area contributed by atoms with E-state index in [-0.39, 0.29) is 10.6 Å². The van der Waals surface area contributed by atoms with Crippen molar-refractivity contribution in [3.05, 3.63) is 28.3 Å². The second-order valence-corrected chi connectivity index (χ2v) is 7.69. The van der Waals surface area contributed by atoms with E-state index in [9.17, 15) is 18.5 Å². The fraction of sp³-hybridized carbons (Fsp3) is 0.538. The van der Waals surface area contributed by atoms with Gasteiger partial charge in [0.1, 0.15) is 5.69 Å². The predicted molar refractivity (Wildman–Crippen MR) is 78.9 cm³/mol. The first kappa shape index (κ1) is 15.2. The molecule has 0 amide bonds. The van der Waals surface area contributed by atoms with Crippen LogP contribution in [0.4, 0.5) is 11.4 Å². The van der Waals surface area contributed by atoms with E-state index < -0.39 is 14.9 Å². The molecule has 2 fully saturated rings. The van der Waals surface area contributed by atoms with Crippen molar-refractivity contribution in [2.24, 2.45) is 16.5 Å². The molecule has 1 aromatic carbocycles. The summed E-state index contributed by atoms with van der Waals surface area (Å²) < 4.78 is 27.8. The molecule has 1 aromatic rings. The van der Waals surface area contributed by atoms with E-state index in [0.29, 0.717) is 23.6 Å². The third-order valence-electron chi connectivity index (χ3n) is 4.34. The summed E-state index contributed by atoms with van der Waals surface area (Å²) in [6.45, 7) is 2.25. The van der Waals surface area contributed by atoms with Crippen LogP contribution in [0.2, 0.25) is 0 Å². The lowest BCUT2D eigenvalue weighted by atomic mass is 9.61. The first-order valence-corrected chi connectivity index (χ1v) is 8.47. The van der Waals surface area contributed by atoms with Crippen LogP contribution in [0.5, 0.6) is 0 Å². The van der Waals surface area contributed by atoms with Crippen LogP contribution < -0.4 is 10.5 Å². The van der Waals surface area contributed by atoms with Gasteiger partial charge >= 0.3 is 0 Å². The zero-order chi connectivity index (χ0) is 16.0. The van der Waals surface area contributed by atoms with Gasteiger partial charge in [0.05, 0.1) is 23.0 Å². The molecule has 0 atom stereocenters. The minimum Gasteiger partial charge on any atom is -0.380 e. The number of hydrogen-bond acceptors (Lipinski definition) is 6. The fourth-order valence-corrected chi connectivity index (χ4v) is 3.71. The summed E-state index contributed by atoms with van der Waals surface area (Å²) in [6, 6.07) is 3.64. The number of ether oxygens (including phenoxy) is 1. The number of primary sulfonamides is 1. The molecule has 3 rings (SSSR count). The normalized spacial score (nSPS) is 20.2. The van der Waals surface area contributed by atoms with Gasteiger partial charge in [-0.2, -0.15) is 0 Å². The van der Waals surface area contributed by atoms with Gasteiger partial charge < -0.3 is 10.1 Å². The van der Waals surface area contributed by atoms with Gasteiger partial charge in [0.15, 0.2) is 0 Å². The Morgan fingerprint density at radius 3 is 2.59 bits per heavy atom. The molecule has 0 aromatic heterocycles. The highest BCUT2D eigenvalue weighted by atomic mass is 32.2. The maximum absolute atomic E-state index is 11.3. The van der Waals surface area contributed by atoms with Crippen LogP contribution in [0.25, 0.3) is 0 Å². The van der Waals surface area contributed by atoms with Crippen molar-refractivity contribution in [2.75, 3.05) is 25.1 Å². The summed E-state index contributed by atoms with van der Waals surface area (Å²) in [4.78, 5) is 10.2. The van der Waals surface area contributed by atoms with Crippen LogP contribution >= 0.6 is 0 Å². The first-order chi connectivity index (χ1) is 10.3. The Labute approximate surface area is 127 Å². The predicted octanol–water partition coefficient (Wildman–Crippen LogP) is 1.08. The Balaban J connectivity index is 1.69. The highest BCUT2D eigenvalue weighted by Gasteiger charge is 2.49. The Bertz CT molecular complexity index is 706. The quantitative estimate of drug-likeness (QED) is 0.616. The SMILES string of the molecule is NS(=O)(=O)c1ccc(NCC2CC3(COC3)C2)c([N+](=O)[O-])c1. The molecule has 0 bridgehead atoms. The van der Waals surface area contributed by atoms with Crippen LogP contribution in [-0.2, 0) is 14.8 Å². The van der Waals surface area contributed by atoms with Gasteiger partial charge in [0.2, 0.25) is 10.0 Å². The van der Waals surface area contributed by atoms with Gasteiger partial charge in [-0.25, -0.2) is 13.6 Å². The summed E-state index contributed by atoms with van der Waals surface area (Å²) in [5.74, 6) is 0.460. The second-order valence-electron chi connectivity index (χ2n) is 6.13. The molecule has 8 nitrogen and oxygen atoms in total. The molecule has 1 heterocycles. The van der Waals surface area contributed by atoms with Crippen LogP contribution in [0.1, 0.15) is 12.8 Å². The van der Waals surface area contributed by atoms with E-state index in [1.807, 2.05) is 0 Å². The van der Waals surface area contributed by atoms with Crippen molar-refractivity contribution in [3.63, 3.8) is 0 Å². The van der Waals surface area contributed by atoms with Crippen LogP contribution in [-0.4, -0.2) is 33.1 Å². The molecule has 2 aliphatic rings. The number of nitrogens with two attached hydrogens (primary N) is 1. The van der Waals surface area contributed by atoms with Crippen LogP contribution in [0.3, 0.4) is 0 Å². The average Bonchev–Trinajstić information content (AvgIpc) is 2.33. The minimum absolute atomic E-state index is 0.265. The second kappa shape index (κ2) is 5.18. The van der Waals surface area contributed by atoms with E-state index in [2.05, 4.69) is 5.32 Å². The molecule has 1 aliphatic heterocycles. The summed E-state index contributed by atoms with van der Waals surface area (Å²) in [7, 11) is -3.96. The number of hydrogen-bond donors (Lipinski definition) is 2. The van der Waals surface area contributed by atoms with E-state index in [1.165, 1.54) is 12.1 Å². The highest BCUT2D eigenvalue weighted by molar-refractivity contribution is 7.89. The van der Waals surface area contributed by atoms with Crippen molar-refractivity contribution in [3.8, 4) is 0 Å². The van der Waals surface area contributed by atoms with Gasteiger partial charge in [-0.1, -0.05) is 0 Å². The minimum atomic E-state index is -3.96. The lowest BCUT2D eigenvalue weighted by Gasteiger charge is -2.53. The summed E-state index contributed by atoms with van der Waals surface area (Å²) in [5.41, 5.74) is 0.367. The fourth-order valence-electron chi connectivity index (χ4n) is 3.18. The molecule has 9 heteroatoms. The number of nitrogens with zero attached hydrogens (tertiary/aromatic N) is 1. The van der Waals surface area contributed by atoms with Gasteiger partial charge in [-0.15, -0.1) is 0 Å². The summed E-state index contributed by atoms with van der Waals surface area (Å²) >= 11 is 0. The number of anilines is 1. The maximum atomic E-state index is 11.3. The monoisotopic (exact) mass is 327 g/mol. The molecule has 1 saturated heterocycles. The summed E-state index contributed by atoms with van der Waals surface area (Å²) in [5, 5.41) is 19.1. The molecule has 1 aliphatic carbocycles. The van der Waals surface area contributed by atoms with Crippen molar-refractivity contribution in [2.45, 2.75) is 17.7 Å². The van der Waals surface area contributed by atoms with E-state index in [1.54, 1.807) is 0 Å². The molecule has 1 saturated carbocycles. The van der Waals surface area contributed by atoms with Crippen molar-refractivity contribution in [1.29, 1.82) is 0 Å². The van der Waals surface area contributed by atoms with Gasteiger partial charge in [0.25, 0.3) is 5.69 Å². The molecular formula is C13H17N3O5S. The molecule has 0 radical (unpaired) electrons. The zero-order valence-corrected chi connectivity index (χ0v) is 12.6. The lowest BCUT2D eigenvalue weighted by Crippen LogP contribution is -2.53. The van der Waals surface area contributed by atoms with E-state index in [4.69, 9.17) is 9.88 Å². The molecule has 1 spiro atoms. The van der Waals surface area contributed by atoms with Crippen molar-refractivity contribution < 1.29 is 18.1 Å². The number of rotatable bonds is 5. The number of nitro benzene ring substituents is 1. The van der Waals surface area contributed by atoms with E-state index >= 15 is 0 Å². The number of nitro groups is 1.